The molecule has 3 aromatic carbocycles. The summed E-state index contributed by atoms with van der Waals surface area (Å²) in [6.07, 6.45) is -1.81. The molecule has 0 fully saturated rings. The molecule has 0 bridgehead atoms. The Hall–Kier alpha value is -3.54. The van der Waals surface area contributed by atoms with Crippen LogP contribution in [0.1, 0.15) is 15.9 Å². The highest BCUT2D eigenvalue weighted by atomic mass is 19.4. The third kappa shape index (κ3) is 5.74. The van der Waals surface area contributed by atoms with Crippen LogP contribution in [0, 0.1) is 0 Å². The van der Waals surface area contributed by atoms with E-state index in [4.69, 9.17) is 4.74 Å². The summed E-state index contributed by atoms with van der Waals surface area (Å²) in [6, 6.07) is 21.2. The van der Waals surface area contributed by atoms with Gasteiger partial charge in [-0.05, 0) is 60.2 Å². The van der Waals surface area contributed by atoms with Crippen LogP contribution in [0.2, 0.25) is 0 Å². The smallest absolute Gasteiger partial charge is 0.457 e. The van der Waals surface area contributed by atoms with E-state index in [9.17, 15) is 18.0 Å². The second-order valence-electron chi connectivity index (χ2n) is 5.76. The number of halogens is 3. The first kappa shape index (κ1) is 19.2. The Morgan fingerprint density at radius 1 is 0.786 bits per heavy atom. The first-order chi connectivity index (χ1) is 13.4. The van der Waals surface area contributed by atoms with Crippen molar-refractivity contribution in [1.29, 1.82) is 0 Å². The first-order valence-electron chi connectivity index (χ1n) is 8.30. The van der Waals surface area contributed by atoms with Crippen LogP contribution in [-0.2, 0) is 0 Å². The summed E-state index contributed by atoms with van der Waals surface area (Å²) in [6.45, 7) is 0. The monoisotopic (exact) mass is 384 g/mol. The minimum atomic E-state index is -4.77. The van der Waals surface area contributed by atoms with Crippen molar-refractivity contribution in [2.45, 2.75) is 6.36 Å². The van der Waals surface area contributed by atoms with E-state index in [0.29, 0.717) is 11.5 Å². The molecule has 0 aliphatic heterocycles. The van der Waals surface area contributed by atoms with Gasteiger partial charge in [0.2, 0.25) is 0 Å². The van der Waals surface area contributed by atoms with Crippen molar-refractivity contribution >= 4 is 11.9 Å². The minimum Gasteiger partial charge on any atom is -0.457 e. The number of hydrogen-bond acceptors (Lipinski definition) is 3. The van der Waals surface area contributed by atoms with Gasteiger partial charge < -0.3 is 9.47 Å². The average molecular weight is 384 g/mol. The van der Waals surface area contributed by atoms with Gasteiger partial charge in [0.1, 0.15) is 17.2 Å². The maximum absolute atomic E-state index is 12.2. The Morgan fingerprint density at radius 2 is 1.46 bits per heavy atom. The molecule has 0 spiro atoms. The molecule has 142 valence electrons. The molecule has 0 saturated carbocycles. The molecule has 0 amide bonds. The van der Waals surface area contributed by atoms with E-state index in [1.165, 1.54) is 18.2 Å². The maximum atomic E-state index is 12.2. The molecule has 0 atom stereocenters. The number of carbonyl (C=O) groups excluding carboxylic acids is 1. The van der Waals surface area contributed by atoms with Gasteiger partial charge in [0.25, 0.3) is 0 Å². The van der Waals surface area contributed by atoms with Crippen molar-refractivity contribution in [3.63, 3.8) is 0 Å². The molecule has 3 aromatic rings. The molecule has 3 nitrogen and oxygen atoms in total. The van der Waals surface area contributed by atoms with Crippen molar-refractivity contribution in [3.8, 4) is 17.2 Å². The first-order valence-corrected chi connectivity index (χ1v) is 8.30. The van der Waals surface area contributed by atoms with Crippen LogP contribution in [0.4, 0.5) is 13.2 Å². The van der Waals surface area contributed by atoms with Gasteiger partial charge in [0.15, 0.2) is 5.78 Å². The summed E-state index contributed by atoms with van der Waals surface area (Å²) in [7, 11) is 0. The van der Waals surface area contributed by atoms with Gasteiger partial charge in [-0.2, -0.15) is 0 Å². The highest BCUT2D eigenvalue weighted by Gasteiger charge is 2.30. The Labute approximate surface area is 159 Å². The Kier molecular flexibility index (Phi) is 5.79. The van der Waals surface area contributed by atoms with Crippen LogP contribution in [0.25, 0.3) is 6.08 Å². The van der Waals surface area contributed by atoms with Gasteiger partial charge in [-0.1, -0.05) is 36.4 Å². The van der Waals surface area contributed by atoms with Gasteiger partial charge in [-0.3, -0.25) is 4.79 Å². The van der Waals surface area contributed by atoms with Gasteiger partial charge in [-0.25, -0.2) is 0 Å². The zero-order valence-electron chi connectivity index (χ0n) is 14.5. The molecule has 0 saturated heterocycles. The fourth-order valence-electron chi connectivity index (χ4n) is 2.40. The predicted molar refractivity (Wildman–Crippen MR) is 99.4 cm³/mol. The predicted octanol–water partition coefficient (Wildman–Crippen LogP) is 6.27. The molecule has 6 heteroatoms. The van der Waals surface area contributed by atoms with Crippen molar-refractivity contribution < 1.29 is 27.4 Å². The third-order valence-electron chi connectivity index (χ3n) is 3.64. The Bertz CT molecular complexity index is 962. The molecule has 0 radical (unpaired) electrons. The molecular weight excluding hydrogens is 369 g/mol. The quantitative estimate of drug-likeness (QED) is 0.371. The van der Waals surface area contributed by atoms with E-state index in [1.54, 1.807) is 24.3 Å². The van der Waals surface area contributed by atoms with Gasteiger partial charge in [-0.15, -0.1) is 13.2 Å². The van der Waals surface area contributed by atoms with Crippen LogP contribution < -0.4 is 9.47 Å². The summed E-state index contributed by atoms with van der Waals surface area (Å²) in [5.74, 6) is 0.599. The van der Waals surface area contributed by atoms with E-state index < -0.39 is 6.36 Å². The summed E-state index contributed by atoms with van der Waals surface area (Å²) >= 11 is 0. The molecule has 0 N–H and O–H groups in total. The molecule has 0 heterocycles. The Balaban J connectivity index is 1.66. The lowest BCUT2D eigenvalue weighted by Gasteiger charge is -2.08. The fourth-order valence-corrected chi connectivity index (χ4v) is 2.40. The summed E-state index contributed by atoms with van der Waals surface area (Å²) in [5.41, 5.74) is 1.00. The molecule has 0 aliphatic rings. The van der Waals surface area contributed by atoms with E-state index in [0.717, 1.165) is 17.7 Å². The summed E-state index contributed by atoms with van der Waals surface area (Å²) < 4.78 is 46.0. The van der Waals surface area contributed by atoms with Crippen LogP contribution >= 0.6 is 0 Å². The summed E-state index contributed by atoms with van der Waals surface area (Å²) in [4.78, 5) is 12.2. The lowest BCUT2D eigenvalue weighted by atomic mass is 10.1. The highest BCUT2D eigenvalue weighted by Crippen LogP contribution is 2.24. The fraction of sp³-hybridized carbons (Fsp3) is 0.0455. The number of para-hydroxylation sites is 1. The molecule has 0 aromatic heterocycles. The van der Waals surface area contributed by atoms with Gasteiger partial charge >= 0.3 is 6.36 Å². The van der Waals surface area contributed by atoms with Crippen LogP contribution in [0.5, 0.6) is 17.2 Å². The number of allylic oxidation sites excluding steroid dienone is 1. The zero-order chi connectivity index (χ0) is 20.0. The minimum absolute atomic E-state index is 0.252. The number of hydrogen-bond donors (Lipinski definition) is 0. The van der Waals surface area contributed by atoms with E-state index in [-0.39, 0.29) is 17.1 Å². The topological polar surface area (TPSA) is 35.5 Å². The number of carbonyl (C=O) groups is 1. The van der Waals surface area contributed by atoms with E-state index in [2.05, 4.69) is 4.74 Å². The molecular formula is C22H15F3O3. The number of ketones is 1. The lowest BCUT2D eigenvalue weighted by molar-refractivity contribution is -0.274. The van der Waals surface area contributed by atoms with E-state index in [1.807, 2.05) is 36.4 Å². The van der Waals surface area contributed by atoms with Gasteiger partial charge in [0, 0.05) is 5.56 Å². The van der Waals surface area contributed by atoms with Crippen LogP contribution in [-0.4, -0.2) is 12.1 Å². The Morgan fingerprint density at radius 3 is 2.14 bits per heavy atom. The average Bonchev–Trinajstić information content (AvgIpc) is 2.66. The molecule has 0 unspecified atom stereocenters. The van der Waals surface area contributed by atoms with Crippen molar-refractivity contribution in [3.05, 3.63) is 96.1 Å². The zero-order valence-corrected chi connectivity index (χ0v) is 14.5. The van der Waals surface area contributed by atoms with Gasteiger partial charge in [0.05, 0.1) is 0 Å². The number of rotatable bonds is 6. The number of benzene rings is 3. The summed E-state index contributed by atoms with van der Waals surface area (Å²) in [5, 5.41) is 0. The standard InChI is InChI=1S/C22H15F3O3/c23-22(24,25)28-19-12-10-17(11-13-19)21(26)14-9-16-5-4-8-20(15-16)27-18-6-2-1-3-7-18/h1-15H. The maximum Gasteiger partial charge on any atom is 0.573 e. The van der Waals surface area contributed by atoms with Crippen molar-refractivity contribution in [2.24, 2.45) is 0 Å². The SMILES string of the molecule is O=C(C=Cc1cccc(Oc2ccccc2)c1)c1ccc(OC(F)(F)F)cc1. The van der Waals surface area contributed by atoms with Crippen molar-refractivity contribution in [2.75, 3.05) is 0 Å². The second-order valence-corrected chi connectivity index (χ2v) is 5.76. The molecule has 28 heavy (non-hydrogen) atoms. The second kappa shape index (κ2) is 8.43. The number of ether oxygens (including phenoxy) is 2. The highest BCUT2D eigenvalue weighted by molar-refractivity contribution is 6.06. The molecule has 0 aliphatic carbocycles. The lowest BCUT2D eigenvalue weighted by Crippen LogP contribution is -2.17. The van der Waals surface area contributed by atoms with Crippen molar-refractivity contribution in [1.82, 2.24) is 0 Å². The third-order valence-corrected chi connectivity index (χ3v) is 3.64. The van der Waals surface area contributed by atoms with Crippen LogP contribution in [0.3, 0.4) is 0 Å². The largest absolute Gasteiger partial charge is 0.573 e. The molecule has 3 rings (SSSR count). The van der Waals surface area contributed by atoms with Crippen LogP contribution in [0.15, 0.2) is 84.9 Å². The van der Waals surface area contributed by atoms with E-state index >= 15 is 0 Å². The normalized spacial score (nSPS) is 11.4. The number of alkyl halides is 3.